The van der Waals surface area contributed by atoms with Crippen molar-refractivity contribution >= 4 is 34.8 Å². The van der Waals surface area contributed by atoms with E-state index in [1.54, 1.807) is 36.4 Å². The minimum atomic E-state index is -1.27. The summed E-state index contributed by atoms with van der Waals surface area (Å²) in [5, 5.41) is 3.43. The molecule has 6 heteroatoms. The number of β-lactam (4-membered cyclic amide) rings is 1. The maximum Gasteiger partial charge on any atom is 0.256 e. The van der Waals surface area contributed by atoms with Crippen LogP contribution < -0.4 is 10.2 Å². The zero-order chi connectivity index (χ0) is 19.5. The van der Waals surface area contributed by atoms with Gasteiger partial charge in [0.2, 0.25) is 5.91 Å². The highest BCUT2D eigenvalue weighted by Gasteiger charge is 2.69. The zero-order valence-electron chi connectivity index (χ0n) is 14.5. The Hall–Kier alpha value is -3.18. The third-order valence-electron chi connectivity index (χ3n) is 5.44. The summed E-state index contributed by atoms with van der Waals surface area (Å²) in [5.41, 5.74) is 1.12. The van der Waals surface area contributed by atoms with Crippen molar-refractivity contribution in [1.29, 1.82) is 0 Å². The van der Waals surface area contributed by atoms with Gasteiger partial charge in [-0.1, -0.05) is 48.0 Å². The Balaban J connectivity index is 1.75. The molecule has 0 saturated carbocycles. The quantitative estimate of drug-likeness (QED) is 0.655. The Labute approximate surface area is 165 Å². The third kappa shape index (κ3) is 2.11. The molecule has 3 aromatic carbocycles. The lowest BCUT2D eigenvalue weighted by Crippen LogP contribution is -2.70. The molecule has 4 nitrogen and oxygen atoms in total. The number of amides is 2. The van der Waals surface area contributed by atoms with Crippen LogP contribution in [0.3, 0.4) is 0 Å². The predicted octanol–water partition coefficient (Wildman–Crippen LogP) is 4.46. The van der Waals surface area contributed by atoms with Gasteiger partial charge in [0.1, 0.15) is 11.7 Å². The summed E-state index contributed by atoms with van der Waals surface area (Å²) in [6, 6.07) is 19.9. The molecular formula is C22H14ClFN2O2. The van der Waals surface area contributed by atoms with Crippen molar-refractivity contribution in [3.63, 3.8) is 0 Å². The molecule has 1 spiro atoms. The number of hydrogen-bond donors (Lipinski definition) is 1. The van der Waals surface area contributed by atoms with Crippen LogP contribution in [0.25, 0.3) is 0 Å². The molecule has 2 amide bonds. The van der Waals surface area contributed by atoms with Gasteiger partial charge < -0.3 is 5.32 Å². The summed E-state index contributed by atoms with van der Waals surface area (Å²) < 4.78 is 13.9. The third-order valence-corrected chi connectivity index (χ3v) is 5.69. The SMILES string of the molecule is O=C1[C@@H](c2ccc(Cl)cc2)[C@]2(C(=O)Nc3ccccc32)N1c1cccc(F)c1. The number of halogens is 2. The first-order chi connectivity index (χ1) is 13.5. The fourth-order valence-corrected chi connectivity index (χ4v) is 4.43. The number of benzene rings is 3. The van der Waals surface area contributed by atoms with Gasteiger partial charge in [-0.25, -0.2) is 4.39 Å². The van der Waals surface area contributed by atoms with E-state index in [1.807, 2.05) is 18.2 Å². The summed E-state index contributed by atoms with van der Waals surface area (Å²) in [6.07, 6.45) is 0. The average Bonchev–Trinajstić information content (AvgIpc) is 2.98. The van der Waals surface area contributed by atoms with E-state index in [0.717, 1.165) is 0 Å². The smallest absolute Gasteiger partial charge is 0.256 e. The summed E-state index contributed by atoms with van der Waals surface area (Å²) >= 11 is 6.00. The number of carbonyl (C=O) groups excluding carboxylic acids is 2. The van der Waals surface area contributed by atoms with E-state index in [0.29, 0.717) is 27.5 Å². The van der Waals surface area contributed by atoms with Crippen molar-refractivity contribution in [3.05, 3.63) is 94.8 Å². The van der Waals surface area contributed by atoms with Crippen molar-refractivity contribution in [2.75, 3.05) is 10.2 Å². The summed E-state index contributed by atoms with van der Waals surface area (Å²) in [4.78, 5) is 27.9. The Morgan fingerprint density at radius 2 is 1.71 bits per heavy atom. The van der Waals surface area contributed by atoms with Crippen LogP contribution in [0.4, 0.5) is 15.8 Å². The van der Waals surface area contributed by atoms with Crippen molar-refractivity contribution in [1.82, 2.24) is 0 Å². The number of para-hydroxylation sites is 1. The Bertz CT molecular complexity index is 1130. The van der Waals surface area contributed by atoms with E-state index in [1.165, 1.54) is 23.1 Å². The molecule has 138 valence electrons. The average molecular weight is 393 g/mol. The number of nitrogens with one attached hydrogen (secondary N) is 1. The van der Waals surface area contributed by atoms with Crippen LogP contribution in [-0.2, 0) is 15.1 Å². The van der Waals surface area contributed by atoms with Gasteiger partial charge in [-0.05, 0) is 42.0 Å². The lowest BCUT2D eigenvalue weighted by Gasteiger charge is -2.54. The normalized spacial score (nSPS) is 22.8. The van der Waals surface area contributed by atoms with Crippen molar-refractivity contribution in [2.45, 2.75) is 11.5 Å². The molecule has 0 unspecified atom stereocenters. The topological polar surface area (TPSA) is 49.4 Å². The highest BCUT2D eigenvalue weighted by Crippen LogP contribution is 2.58. The maximum absolute atomic E-state index is 13.9. The molecule has 0 aromatic heterocycles. The highest BCUT2D eigenvalue weighted by molar-refractivity contribution is 6.30. The van der Waals surface area contributed by atoms with E-state index in [4.69, 9.17) is 11.6 Å². The summed E-state index contributed by atoms with van der Waals surface area (Å²) in [5.74, 6) is -1.77. The highest BCUT2D eigenvalue weighted by atomic mass is 35.5. The van der Waals surface area contributed by atoms with Gasteiger partial charge in [-0.3, -0.25) is 14.5 Å². The van der Waals surface area contributed by atoms with Crippen molar-refractivity contribution in [3.8, 4) is 0 Å². The second-order valence-corrected chi connectivity index (χ2v) is 7.34. The summed E-state index contributed by atoms with van der Waals surface area (Å²) in [6.45, 7) is 0. The Kier molecular flexibility index (Phi) is 3.58. The fraction of sp³-hybridized carbons (Fsp3) is 0.0909. The molecule has 2 aliphatic heterocycles. The molecule has 2 aliphatic rings. The standard InChI is InChI=1S/C22H14ClFN2O2/c23-14-10-8-13(9-11-14)19-20(27)26(16-5-3-4-15(24)12-16)22(19)17-6-1-2-7-18(17)25-21(22)28/h1-12,19H,(H,25,28)/t19-,22-/m1/s1. The van der Waals surface area contributed by atoms with Gasteiger partial charge in [0.25, 0.3) is 5.91 Å². The zero-order valence-corrected chi connectivity index (χ0v) is 15.3. The number of hydrogen-bond acceptors (Lipinski definition) is 2. The van der Waals surface area contributed by atoms with Crippen molar-refractivity contribution < 1.29 is 14.0 Å². The summed E-state index contributed by atoms with van der Waals surface area (Å²) in [7, 11) is 0. The van der Waals surface area contributed by atoms with Crippen LogP contribution in [0.2, 0.25) is 5.02 Å². The van der Waals surface area contributed by atoms with Gasteiger partial charge in [-0.2, -0.15) is 0 Å². The monoisotopic (exact) mass is 392 g/mol. The molecule has 0 bridgehead atoms. The van der Waals surface area contributed by atoms with E-state index in [2.05, 4.69) is 5.32 Å². The van der Waals surface area contributed by atoms with E-state index in [-0.39, 0.29) is 11.8 Å². The molecule has 0 aliphatic carbocycles. The first kappa shape index (κ1) is 17.0. The molecule has 1 saturated heterocycles. The van der Waals surface area contributed by atoms with Crippen LogP contribution in [0.15, 0.2) is 72.8 Å². The lowest BCUT2D eigenvalue weighted by molar-refractivity contribution is -0.139. The van der Waals surface area contributed by atoms with Gasteiger partial charge in [0.05, 0.1) is 0 Å². The second kappa shape index (κ2) is 5.91. The van der Waals surface area contributed by atoms with Gasteiger partial charge >= 0.3 is 0 Å². The first-order valence-electron chi connectivity index (χ1n) is 8.79. The molecule has 3 aromatic rings. The van der Waals surface area contributed by atoms with E-state index in [9.17, 15) is 14.0 Å². The van der Waals surface area contributed by atoms with Crippen molar-refractivity contribution in [2.24, 2.45) is 0 Å². The first-order valence-corrected chi connectivity index (χ1v) is 9.17. The van der Waals surface area contributed by atoms with E-state index < -0.39 is 17.3 Å². The van der Waals surface area contributed by atoms with Crippen LogP contribution in [0, 0.1) is 5.82 Å². The number of carbonyl (C=O) groups is 2. The molecular weight excluding hydrogens is 379 g/mol. The number of nitrogens with zero attached hydrogens (tertiary/aromatic N) is 1. The molecule has 1 fully saturated rings. The Morgan fingerprint density at radius 1 is 0.964 bits per heavy atom. The Morgan fingerprint density at radius 3 is 2.46 bits per heavy atom. The van der Waals surface area contributed by atoms with Crippen LogP contribution in [0.5, 0.6) is 0 Å². The maximum atomic E-state index is 13.9. The van der Waals surface area contributed by atoms with E-state index >= 15 is 0 Å². The molecule has 2 heterocycles. The number of fused-ring (bicyclic) bond motifs is 2. The van der Waals surface area contributed by atoms with Gasteiger partial charge in [-0.15, -0.1) is 0 Å². The van der Waals surface area contributed by atoms with Crippen LogP contribution in [-0.4, -0.2) is 11.8 Å². The minimum absolute atomic E-state index is 0.264. The molecule has 0 radical (unpaired) electrons. The minimum Gasteiger partial charge on any atom is -0.323 e. The lowest BCUT2D eigenvalue weighted by atomic mass is 9.66. The molecule has 28 heavy (non-hydrogen) atoms. The van der Waals surface area contributed by atoms with Crippen LogP contribution >= 0.6 is 11.6 Å². The number of rotatable bonds is 2. The van der Waals surface area contributed by atoms with Crippen LogP contribution in [0.1, 0.15) is 17.0 Å². The van der Waals surface area contributed by atoms with Gasteiger partial charge in [0.15, 0.2) is 5.54 Å². The van der Waals surface area contributed by atoms with Gasteiger partial charge in [0, 0.05) is 22.0 Å². The molecule has 5 rings (SSSR count). The number of anilines is 2. The largest absolute Gasteiger partial charge is 0.323 e. The second-order valence-electron chi connectivity index (χ2n) is 6.90. The molecule has 1 N–H and O–H groups in total. The predicted molar refractivity (Wildman–Crippen MR) is 105 cm³/mol. The fourth-order valence-electron chi connectivity index (χ4n) is 4.30. The molecule has 2 atom stereocenters.